The Labute approximate surface area is 147 Å². The summed E-state index contributed by atoms with van der Waals surface area (Å²) < 4.78 is 0.812. The summed E-state index contributed by atoms with van der Waals surface area (Å²) in [6, 6.07) is 18.7. The number of pyridine rings is 1. The fourth-order valence-electron chi connectivity index (χ4n) is 2.32. The van der Waals surface area contributed by atoms with Crippen molar-refractivity contribution >= 4 is 28.4 Å². The minimum Gasteiger partial charge on any atom is -0.289 e. The smallest absolute Gasteiger partial charge is 0.193 e. The van der Waals surface area contributed by atoms with Gasteiger partial charge in [0.25, 0.3) is 0 Å². The first-order valence-electron chi connectivity index (χ1n) is 6.94. The van der Waals surface area contributed by atoms with Gasteiger partial charge in [0.15, 0.2) is 5.78 Å². The van der Waals surface area contributed by atoms with Crippen molar-refractivity contribution in [1.29, 1.82) is 5.26 Å². The molecule has 0 bridgehead atoms. The van der Waals surface area contributed by atoms with Gasteiger partial charge in [-0.2, -0.15) is 5.26 Å². The first-order chi connectivity index (χ1) is 11.2. The van der Waals surface area contributed by atoms with Crippen LogP contribution in [0.2, 0.25) is 0 Å². The maximum atomic E-state index is 12.4. The van der Waals surface area contributed by atoms with Crippen molar-refractivity contribution < 1.29 is 4.79 Å². The van der Waals surface area contributed by atoms with E-state index in [-0.39, 0.29) is 5.78 Å². The summed E-state index contributed by atoms with van der Waals surface area (Å²) in [7, 11) is 0. The van der Waals surface area contributed by atoms with Gasteiger partial charge in [-0.3, -0.25) is 9.78 Å². The summed E-state index contributed by atoms with van der Waals surface area (Å²) in [5.41, 5.74) is 3.53. The Balaban J connectivity index is 1.97. The number of rotatable bonds is 3. The Kier molecular flexibility index (Phi) is 4.49. The zero-order valence-electron chi connectivity index (χ0n) is 12.0. The van der Waals surface area contributed by atoms with Crippen LogP contribution >= 0.6 is 22.6 Å². The van der Waals surface area contributed by atoms with Gasteiger partial charge in [0.05, 0.1) is 5.56 Å². The summed E-state index contributed by atoms with van der Waals surface area (Å²) in [5, 5.41) is 9.32. The highest BCUT2D eigenvalue weighted by Gasteiger charge is 2.11. The van der Waals surface area contributed by atoms with Crippen molar-refractivity contribution in [3.05, 3.63) is 87.3 Å². The number of benzene rings is 2. The van der Waals surface area contributed by atoms with Crippen molar-refractivity contribution in [2.75, 3.05) is 0 Å². The molecule has 3 aromatic rings. The predicted octanol–water partition coefficient (Wildman–Crippen LogP) is 4.46. The van der Waals surface area contributed by atoms with E-state index in [0.717, 1.165) is 14.7 Å². The van der Waals surface area contributed by atoms with E-state index < -0.39 is 0 Å². The molecule has 23 heavy (non-hydrogen) atoms. The third-order valence-electron chi connectivity index (χ3n) is 3.51. The van der Waals surface area contributed by atoms with Crippen LogP contribution in [0.5, 0.6) is 0 Å². The van der Waals surface area contributed by atoms with Crippen molar-refractivity contribution in [3.8, 4) is 17.2 Å². The van der Waals surface area contributed by atoms with E-state index in [1.807, 2.05) is 30.3 Å². The van der Waals surface area contributed by atoms with E-state index in [1.165, 1.54) is 0 Å². The monoisotopic (exact) mass is 410 g/mol. The van der Waals surface area contributed by atoms with Gasteiger partial charge in [0, 0.05) is 32.7 Å². The number of hydrogen-bond donors (Lipinski definition) is 0. The molecule has 0 aliphatic rings. The Morgan fingerprint density at radius 2 is 1.61 bits per heavy atom. The number of halogens is 1. The number of hydrogen-bond acceptors (Lipinski definition) is 3. The van der Waals surface area contributed by atoms with Gasteiger partial charge in [0.2, 0.25) is 0 Å². The SMILES string of the molecule is N#Cc1c(I)cncc1-c1ccc(C(=O)c2ccccc2)cc1. The minimum absolute atomic E-state index is 0.0153. The molecule has 0 atom stereocenters. The molecule has 1 aromatic heterocycles. The second-order valence-electron chi connectivity index (χ2n) is 4.93. The summed E-state index contributed by atoms with van der Waals surface area (Å²) in [4.78, 5) is 16.6. The van der Waals surface area contributed by atoms with E-state index in [9.17, 15) is 10.1 Å². The molecule has 3 nitrogen and oxygen atoms in total. The lowest BCUT2D eigenvalue weighted by Gasteiger charge is -2.07. The quantitative estimate of drug-likeness (QED) is 0.474. The first-order valence-corrected chi connectivity index (χ1v) is 8.02. The summed E-state index contributed by atoms with van der Waals surface area (Å²) >= 11 is 2.10. The van der Waals surface area contributed by atoms with Crippen LogP contribution < -0.4 is 0 Å². The average molecular weight is 410 g/mol. The van der Waals surface area contributed by atoms with Crippen molar-refractivity contribution in [3.63, 3.8) is 0 Å². The number of ketones is 1. The first kappa shape index (κ1) is 15.4. The Hall–Kier alpha value is -2.52. The lowest BCUT2D eigenvalue weighted by Crippen LogP contribution is -2.00. The largest absolute Gasteiger partial charge is 0.289 e. The molecule has 110 valence electrons. The lowest BCUT2D eigenvalue weighted by atomic mass is 9.98. The Morgan fingerprint density at radius 1 is 0.957 bits per heavy atom. The molecule has 0 aliphatic carbocycles. The maximum absolute atomic E-state index is 12.4. The Bertz CT molecular complexity index is 897. The van der Waals surface area contributed by atoms with Crippen LogP contribution in [0, 0.1) is 14.9 Å². The summed E-state index contributed by atoms with van der Waals surface area (Å²) in [6.45, 7) is 0. The van der Waals surface area contributed by atoms with Gasteiger partial charge in [-0.25, -0.2) is 0 Å². The van der Waals surface area contributed by atoms with E-state index in [2.05, 4.69) is 33.6 Å². The molecule has 0 N–H and O–H groups in total. The maximum Gasteiger partial charge on any atom is 0.193 e. The number of carbonyl (C=O) groups excluding carboxylic acids is 1. The zero-order valence-corrected chi connectivity index (χ0v) is 14.2. The molecule has 0 saturated carbocycles. The average Bonchev–Trinajstić information content (AvgIpc) is 2.62. The van der Waals surface area contributed by atoms with E-state index in [1.54, 1.807) is 36.7 Å². The molecule has 0 amide bonds. The van der Waals surface area contributed by atoms with Crippen LogP contribution in [0.1, 0.15) is 21.5 Å². The number of nitriles is 1. The molecule has 2 aromatic carbocycles. The number of nitrogens with zero attached hydrogens (tertiary/aromatic N) is 2. The number of carbonyl (C=O) groups is 1. The molecule has 0 radical (unpaired) electrons. The van der Waals surface area contributed by atoms with Crippen LogP contribution in [0.25, 0.3) is 11.1 Å². The third kappa shape index (κ3) is 3.15. The Morgan fingerprint density at radius 3 is 2.26 bits per heavy atom. The van der Waals surface area contributed by atoms with Crippen molar-refractivity contribution in [2.24, 2.45) is 0 Å². The van der Waals surface area contributed by atoms with Crippen LogP contribution in [-0.2, 0) is 0 Å². The molecule has 3 rings (SSSR count). The molecule has 0 aliphatic heterocycles. The van der Waals surface area contributed by atoms with Crippen LogP contribution in [0.3, 0.4) is 0 Å². The van der Waals surface area contributed by atoms with Crippen LogP contribution in [0.4, 0.5) is 0 Å². The predicted molar refractivity (Wildman–Crippen MR) is 97.0 cm³/mol. The van der Waals surface area contributed by atoms with Gasteiger partial charge in [-0.05, 0) is 28.2 Å². The normalized spacial score (nSPS) is 10.1. The van der Waals surface area contributed by atoms with E-state index >= 15 is 0 Å². The molecule has 0 fully saturated rings. The van der Waals surface area contributed by atoms with Gasteiger partial charge in [-0.1, -0.05) is 54.6 Å². The third-order valence-corrected chi connectivity index (χ3v) is 4.32. The van der Waals surface area contributed by atoms with Gasteiger partial charge < -0.3 is 0 Å². The molecular formula is C19H11IN2O. The summed E-state index contributed by atoms with van der Waals surface area (Å²) in [6.07, 6.45) is 3.34. The van der Waals surface area contributed by atoms with Gasteiger partial charge >= 0.3 is 0 Å². The summed E-state index contributed by atoms with van der Waals surface area (Å²) in [5.74, 6) is -0.0153. The van der Waals surface area contributed by atoms with E-state index in [0.29, 0.717) is 16.7 Å². The molecule has 0 saturated heterocycles. The molecule has 4 heteroatoms. The highest BCUT2D eigenvalue weighted by Crippen LogP contribution is 2.26. The second-order valence-corrected chi connectivity index (χ2v) is 6.09. The van der Waals surface area contributed by atoms with Crippen LogP contribution in [-0.4, -0.2) is 10.8 Å². The molecule has 0 spiro atoms. The van der Waals surface area contributed by atoms with E-state index in [4.69, 9.17) is 0 Å². The topological polar surface area (TPSA) is 53.8 Å². The lowest BCUT2D eigenvalue weighted by molar-refractivity contribution is 0.103. The second kappa shape index (κ2) is 6.71. The van der Waals surface area contributed by atoms with Gasteiger partial charge in [-0.15, -0.1) is 0 Å². The van der Waals surface area contributed by atoms with Crippen LogP contribution in [0.15, 0.2) is 67.0 Å². The minimum atomic E-state index is -0.0153. The van der Waals surface area contributed by atoms with Crippen molar-refractivity contribution in [1.82, 2.24) is 4.98 Å². The highest BCUT2D eigenvalue weighted by atomic mass is 127. The standard InChI is InChI=1S/C19H11IN2O/c20-18-12-22-11-17(16(18)10-21)13-6-8-15(9-7-13)19(23)14-4-2-1-3-5-14/h1-9,11-12H. The molecule has 1 heterocycles. The van der Waals surface area contributed by atoms with Gasteiger partial charge in [0.1, 0.15) is 6.07 Å². The molecular weight excluding hydrogens is 399 g/mol. The fraction of sp³-hybridized carbons (Fsp3) is 0. The zero-order chi connectivity index (χ0) is 16.2. The fourth-order valence-corrected chi connectivity index (χ4v) is 2.90. The highest BCUT2D eigenvalue weighted by molar-refractivity contribution is 14.1. The number of aromatic nitrogens is 1. The van der Waals surface area contributed by atoms with Crippen molar-refractivity contribution in [2.45, 2.75) is 0 Å². The molecule has 0 unspecified atom stereocenters.